The largest absolute Gasteiger partial charge is 0.482 e. The van der Waals surface area contributed by atoms with Crippen LogP contribution in [0.2, 0.25) is 0 Å². The number of esters is 1. The first-order chi connectivity index (χ1) is 13.7. The Bertz CT molecular complexity index is 905. The third-order valence-electron chi connectivity index (χ3n) is 5.52. The highest BCUT2D eigenvalue weighted by molar-refractivity contribution is 6.01. The minimum Gasteiger partial charge on any atom is -0.482 e. The fourth-order valence-electron chi connectivity index (χ4n) is 3.37. The first kappa shape index (κ1) is 20.9. The Balaban J connectivity index is 1.70. The number of anilines is 1. The fourth-order valence-corrected chi connectivity index (χ4v) is 3.37. The van der Waals surface area contributed by atoms with Crippen molar-refractivity contribution in [3.63, 3.8) is 0 Å². The average Bonchev–Trinajstić information content (AvgIpc) is 3.49. The Morgan fingerprint density at radius 1 is 1.07 bits per heavy atom. The summed E-state index contributed by atoms with van der Waals surface area (Å²) in [5, 5.41) is 3.07. The molecule has 0 radical (unpaired) electrons. The van der Waals surface area contributed by atoms with Gasteiger partial charge < -0.3 is 14.8 Å². The number of ether oxygens (including phenoxy) is 2. The summed E-state index contributed by atoms with van der Waals surface area (Å²) in [6.07, 6.45) is 1.71. The van der Waals surface area contributed by atoms with E-state index in [0.717, 1.165) is 29.7 Å². The standard InChI is InChI=1S/C24H29NO4/c1-16-14-19(29-15-21(26)28-5)10-11-20(16)25-22(27)24(12-13-24)18-8-6-17(7-9-18)23(2,3)4/h6-11,14H,12-13,15H2,1-5H3,(H,25,27). The molecule has 2 aromatic carbocycles. The van der Waals surface area contributed by atoms with Gasteiger partial charge in [-0.25, -0.2) is 4.79 Å². The van der Waals surface area contributed by atoms with Crippen LogP contribution in [0.25, 0.3) is 0 Å². The lowest BCUT2D eigenvalue weighted by Crippen LogP contribution is -2.28. The van der Waals surface area contributed by atoms with Crippen LogP contribution in [0.4, 0.5) is 5.69 Å². The molecule has 29 heavy (non-hydrogen) atoms. The summed E-state index contributed by atoms with van der Waals surface area (Å²) >= 11 is 0. The van der Waals surface area contributed by atoms with E-state index in [0.29, 0.717) is 5.75 Å². The third-order valence-corrected chi connectivity index (χ3v) is 5.52. The van der Waals surface area contributed by atoms with Crippen LogP contribution < -0.4 is 10.1 Å². The summed E-state index contributed by atoms with van der Waals surface area (Å²) in [4.78, 5) is 24.3. The molecule has 1 aliphatic rings. The molecule has 0 unspecified atom stereocenters. The first-order valence-corrected chi connectivity index (χ1v) is 9.88. The van der Waals surface area contributed by atoms with Crippen LogP contribution in [-0.4, -0.2) is 25.6 Å². The number of methoxy groups -OCH3 is 1. The van der Waals surface area contributed by atoms with Gasteiger partial charge in [-0.1, -0.05) is 45.0 Å². The van der Waals surface area contributed by atoms with Crippen molar-refractivity contribution in [1.82, 2.24) is 0 Å². The fraction of sp³-hybridized carbons (Fsp3) is 0.417. The van der Waals surface area contributed by atoms with E-state index in [1.54, 1.807) is 18.2 Å². The van der Waals surface area contributed by atoms with Crippen molar-refractivity contribution in [2.45, 2.75) is 51.4 Å². The van der Waals surface area contributed by atoms with Gasteiger partial charge >= 0.3 is 5.97 Å². The van der Waals surface area contributed by atoms with Crippen molar-refractivity contribution < 1.29 is 19.1 Å². The number of nitrogens with one attached hydrogen (secondary N) is 1. The maximum atomic E-state index is 13.1. The molecule has 5 nitrogen and oxygen atoms in total. The average molecular weight is 395 g/mol. The van der Waals surface area contributed by atoms with Gasteiger partial charge in [-0.15, -0.1) is 0 Å². The monoisotopic (exact) mass is 395 g/mol. The van der Waals surface area contributed by atoms with E-state index in [1.165, 1.54) is 12.7 Å². The molecular weight excluding hydrogens is 366 g/mol. The minimum absolute atomic E-state index is 0.0207. The maximum Gasteiger partial charge on any atom is 0.343 e. The van der Waals surface area contributed by atoms with Gasteiger partial charge in [-0.2, -0.15) is 0 Å². The van der Waals surface area contributed by atoms with E-state index in [9.17, 15) is 9.59 Å². The smallest absolute Gasteiger partial charge is 0.343 e. The molecule has 0 heterocycles. The molecule has 1 saturated carbocycles. The van der Waals surface area contributed by atoms with E-state index in [2.05, 4.69) is 55.1 Å². The van der Waals surface area contributed by atoms with Gasteiger partial charge in [0.05, 0.1) is 12.5 Å². The quantitative estimate of drug-likeness (QED) is 0.731. The Morgan fingerprint density at radius 3 is 2.24 bits per heavy atom. The molecule has 1 aliphatic carbocycles. The van der Waals surface area contributed by atoms with E-state index in [4.69, 9.17) is 4.74 Å². The Kier molecular flexibility index (Phi) is 5.69. The van der Waals surface area contributed by atoms with Gasteiger partial charge in [0.1, 0.15) is 5.75 Å². The van der Waals surface area contributed by atoms with Crippen LogP contribution in [0.5, 0.6) is 5.75 Å². The van der Waals surface area contributed by atoms with Crippen molar-refractivity contribution in [3.8, 4) is 5.75 Å². The zero-order valence-corrected chi connectivity index (χ0v) is 17.8. The summed E-state index contributed by atoms with van der Waals surface area (Å²) in [7, 11) is 1.32. The Morgan fingerprint density at radius 2 is 1.72 bits per heavy atom. The van der Waals surface area contributed by atoms with Gasteiger partial charge in [-0.05, 0) is 60.1 Å². The van der Waals surface area contributed by atoms with Crippen molar-refractivity contribution in [2.24, 2.45) is 0 Å². The first-order valence-electron chi connectivity index (χ1n) is 9.88. The van der Waals surface area contributed by atoms with Crippen molar-refractivity contribution in [1.29, 1.82) is 0 Å². The lowest BCUT2D eigenvalue weighted by molar-refractivity contribution is -0.142. The molecule has 0 aliphatic heterocycles. The van der Waals surface area contributed by atoms with Crippen LogP contribution in [0.3, 0.4) is 0 Å². The van der Waals surface area contributed by atoms with Crippen molar-refractivity contribution >= 4 is 17.6 Å². The normalized spacial score (nSPS) is 14.8. The molecule has 3 rings (SSSR count). The second-order valence-corrected chi connectivity index (χ2v) is 8.71. The zero-order chi connectivity index (χ0) is 21.2. The SMILES string of the molecule is COC(=O)COc1ccc(NC(=O)C2(c3ccc(C(C)(C)C)cc3)CC2)c(C)c1. The number of carbonyl (C=O) groups is 2. The van der Waals surface area contributed by atoms with Gasteiger partial charge in [0.2, 0.25) is 5.91 Å². The van der Waals surface area contributed by atoms with Gasteiger partial charge in [0.15, 0.2) is 6.61 Å². The van der Waals surface area contributed by atoms with E-state index in [-0.39, 0.29) is 17.9 Å². The van der Waals surface area contributed by atoms with E-state index < -0.39 is 11.4 Å². The van der Waals surface area contributed by atoms with E-state index in [1.807, 2.05) is 6.92 Å². The van der Waals surface area contributed by atoms with Crippen LogP contribution in [0.15, 0.2) is 42.5 Å². The highest BCUT2D eigenvalue weighted by Gasteiger charge is 2.51. The van der Waals surface area contributed by atoms with E-state index >= 15 is 0 Å². The van der Waals surface area contributed by atoms with Gasteiger partial charge in [0.25, 0.3) is 0 Å². The molecule has 0 bridgehead atoms. The number of benzene rings is 2. The number of aryl methyl sites for hydroxylation is 1. The second kappa shape index (κ2) is 7.90. The Labute approximate surface area is 172 Å². The zero-order valence-electron chi connectivity index (χ0n) is 17.8. The van der Waals surface area contributed by atoms with Crippen LogP contribution >= 0.6 is 0 Å². The highest BCUT2D eigenvalue weighted by Crippen LogP contribution is 2.49. The molecule has 0 saturated heterocycles. The van der Waals surface area contributed by atoms with Crippen molar-refractivity contribution in [2.75, 3.05) is 19.0 Å². The molecule has 2 aromatic rings. The molecule has 154 valence electrons. The molecule has 1 amide bonds. The minimum atomic E-state index is -0.442. The lowest BCUT2D eigenvalue weighted by atomic mass is 9.85. The number of hydrogen-bond acceptors (Lipinski definition) is 4. The highest BCUT2D eigenvalue weighted by atomic mass is 16.6. The number of rotatable bonds is 6. The summed E-state index contributed by atoms with van der Waals surface area (Å²) in [5.74, 6) is 0.144. The summed E-state index contributed by atoms with van der Waals surface area (Å²) in [5.41, 5.74) is 3.60. The molecule has 0 spiro atoms. The Hall–Kier alpha value is -2.82. The summed E-state index contributed by atoms with van der Waals surface area (Å²) in [6.45, 7) is 8.31. The maximum absolute atomic E-state index is 13.1. The van der Waals surface area contributed by atoms with Crippen LogP contribution in [0, 0.1) is 6.92 Å². The predicted molar refractivity (Wildman–Crippen MR) is 113 cm³/mol. The number of hydrogen-bond donors (Lipinski definition) is 1. The van der Waals surface area contributed by atoms with Crippen LogP contribution in [0.1, 0.15) is 50.3 Å². The topological polar surface area (TPSA) is 64.6 Å². The number of amides is 1. The van der Waals surface area contributed by atoms with Crippen LogP contribution in [-0.2, 0) is 25.2 Å². The molecule has 5 heteroatoms. The van der Waals surface area contributed by atoms with Crippen molar-refractivity contribution in [3.05, 3.63) is 59.2 Å². The van der Waals surface area contributed by atoms with Gasteiger partial charge in [-0.3, -0.25) is 4.79 Å². The molecule has 1 N–H and O–H groups in total. The third kappa shape index (κ3) is 4.61. The molecule has 1 fully saturated rings. The molecular formula is C24H29NO4. The molecule has 0 aromatic heterocycles. The number of carbonyl (C=O) groups excluding carboxylic acids is 2. The second-order valence-electron chi connectivity index (χ2n) is 8.71. The predicted octanol–water partition coefficient (Wildman–Crippen LogP) is 4.51. The summed E-state index contributed by atoms with van der Waals surface area (Å²) in [6, 6.07) is 13.8. The summed E-state index contributed by atoms with van der Waals surface area (Å²) < 4.78 is 9.97. The molecule has 0 atom stereocenters. The lowest BCUT2D eigenvalue weighted by Gasteiger charge is -2.21. The van der Waals surface area contributed by atoms with Gasteiger partial charge in [0, 0.05) is 5.69 Å².